The SMILES string of the molecule is Cc1ccc(Sc2ncnc(NC3CCCCCC3)c2N)cc1. The molecule has 0 radical (unpaired) electrons. The Hall–Kier alpha value is -1.75. The summed E-state index contributed by atoms with van der Waals surface area (Å²) in [6, 6.07) is 8.88. The van der Waals surface area contributed by atoms with Gasteiger partial charge in [0.2, 0.25) is 0 Å². The highest BCUT2D eigenvalue weighted by Crippen LogP contribution is 2.34. The first-order valence-electron chi connectivity index (χ1n) is 8.34. The number of hydrogen-bond acceptors (Lipinski definition) is 5. The number of aromatic nitrogens is 2. The molecule has 3 rings (SSSR count). The summed E-state index contributed by atoms with van der Waals surface area (Å²) in [5, 5.41) is 4.35. The molecule has 122 valence electrons. The number of aryl methyl sites for hydroxylation is 1. The van der Waals surface area contributed by atoms with Crippen LogP contribution in [0.5, 0.6) is 0 Å². The first kappa shape index (κ1) is 16.1. The first-order chi connectivity index (χ1) is 11.2. The molecule has 1 fully saturated rings. The minimum Gasteiger partial charge on any atom is -0.394 e. The molecule has 2 aromatic rings. The second-order valence-electron chi connectivity index (χ2n) is 6.19. The number of nitrogen functional groups attached to an aromatic ring is 1. The molecule has 0 atom stereocenters. The van der Waals surface area contributed by atoms with Crippen molar-refractivity contribution in [3.05, 3.63) is 36.2 Å². The van der Waals surface area contributed by atoms with E-state index >= 15 is 0 Å². The Morgan fingerprint density at radius 2 is 1.74 bits per heavy atom. The molecule has 0 bridgehead atoms. The van der Waals surface area contributed by atoms with Gasteiger partial charge in [0.15, 0.2) is 5.82 Å². The van der Waals surface area contributed by atoms with E-state index in [0.717, 1.165) is 15.7 Å². The van der Waals surface area contributed by atoms with Crippen molar-refractivity contribution < 1.29 is 0 Å². The third kappa shape index (κ3) is 4.38. The zero-order chi connectivity index (χ0) is 16.1. The molecular weight excluding hydrogens is 304 g/mol. The molecule has 1 aromatic heterocycles. The molecule has 1 aliphatic rings. The van der Waals surface area contributed by atoms with Crippen LogP contribution in [-0.4, -0.2) is 16.0 Å². The van der Waals surface area contributed by atoms with Gasteiger partial charge in [0.25, 0.3) is 0 Å². The Morgan fingerprint density at radius 3 is 2.43 bits per heavy atom. The van der Waals surface area contributed by atoms with Crippen molar-refractivity contribution in [3.63, 3.8) is 0 Å². The van der Waals surface area contributed by atoms with Crippen molar-refractivity contribution in [2.75, 3.05) is 11.1 Å². The second-order valence-corrected chi connectivity index (χ2v) is 7.25. The van der Waals surface area contributed by atoms with Crippen molar-refractivity contribution in [3.8, 4) is 0 Å². The summed E-state index contributed by atoms with van der Waals surface area (Å²) >= 11 is 1.59. The van der Waals surface area contributed by atoms with Gasteiger partial charge >= 0.3 is 0 Å². The number of hydrogen-bond donors (Lipinski definition) is 2. The minimum atomic E-state index is 0.479. The summed E-state index contributed by atoms with van der Waals surface area (Å²) in [4.78, 5) is 9.85. The van der Waals surface area contributed by atoms with Gasteiger partial charge in [0, 0.05) is 10.9 Å². The summed E-state index contributed by atoms with van der Waals surface area (Å²) in [7, 11) is 0. The quantitative estimate of drug-likeness (QED) is 0.631. The van der Waals surface area contributed by atoms with E-state index in [9.17, 15) is 0 Å². The van der Waals surface area contributed by atoms with E-state index in [1.54, 1.807) is 18.1 Å². The zero-order valence-corrected chi connectivity index (χ0v) is 14.4. The van der Waals surface area contributed by atoms with Crippen molar-refractivity contribution in [2.24, 2.45) is 0 Å². The standard InChI is InChI=1S/C18H24N4S/c1-13-8-10-15(11-9-13)23-18-16(19)17(20-12-21-18)22-14-6-4-2-3-5-7-14/h8-12,14H,2-7,19H2,1H3,(H,20,21,22). The summed E-state index contributed by atoms with van der Waals surface area (Å²) in [5.74, 6) is 0.779. The maximum Gasteiger partial charge on any atom is 0.154 e. The smallest absolute Gasteiger partial charge is 0.154 e. The average Bonchev–Trinajstić information content (AvgIpc) is 2.82. The lowest BCUT2D eigenvalue weighted by atomic mass is 10.1. The van der Waals surface area contributed by atoms with Gasteiger partial charge in [-0.1, -0.05) is 55.1 Å². The predicted octanol–water partition coefficient (Wildman–Crippen LogP) is 4.65. The number of benzene rings is 1. The molecular formula is C18H24N4S. The molecule has 0 saturated heterocycles. The fraction of sp³-hybridized carbons (Fsp3) is 0.444. The summed E-state index contributed by atoms with van der Waals surface area (Å²) in [6.45, 7) is 2.09. The van der Waals surface area contributed by atoms with E-state index in [-0.39, 0.29) is 0 Å². The molecule has 4 nitrogen and oxygen atoms in total. The monoisotopic (exact) mass is 328 g/mol. The molecule has 1 aliphatic carbocycles. The molecule has 1 aromatic carbocycles. The number of nitrogens with one attached hydrogen (secondary N) is 1. The van der Waals surface area contributed by atoms with Crippen molar-refractivity contribution >= 4 is 23.3 Å². The maximum absolute atomic E-state index is 6.31. The molecule has 0 spiro atoms. The van der Waals surface area contributed by atoms with Gasteiger partial charge in [-0.2, -0.15) is 0 Å². The van der Waals surface area contributed by atoms with Crippen LogP contribution in [0.2, 0.25) is 0 Å². The number of nitrogens with two attached hydrogens (primary N) is 1. The maximum atomic E-state index is 6.31. The van der Waals surface area contributed by atoms with Gasteiger partial charge in [0.05, 0.1) is 0 Å². The lowest BCUT2D eigenvalue weighted by molar-refractivity contribution is 0.617. The van der Waals surface area contributed by atoms with Gasteiger partial charge < -0.3 is 11.1 Å². The highest BCUT2D eigenvalue weighted by molar-refractivity contribution is 7.99. The molecule has 1 heterocycles. The van der Waals surface area contributed by atoms with E-state index in [0.29, 0.717) is 11.7 Å². The van der Waals surface area contributed by atoms with Crippen LogP contribution in [0.25, 0.3) is 0 Å². The van der Waals surface area contributed by atoms with Crippen molar-refractivity contribution in [1.29, 1.82) is 0 Å². The average molecular weight is 328 g/mol. The van der Waals surface area contributed by atoms with E-state index in [1.807, 2.05) is 0 Å². The van der Waals surface area contributed by atoms with Gasteiger partial charge in [0.1, 0.15) is 17.0 Å². The van der Waals surface area contributed by atoms with Gasteiger partial charge in [-0.15, -0.1) is 0 Å². The number of anilines is 2. The van der Waals surface area contributed by atoms with E-state index in [4.69, 9.17) is 5.73 Å². The summed E-state index contributed by atoms with van der Waals surface area (Å²) < 4.78 is 0. The van der Waals surface area contributed by atoms with Crippen LogP contribution in [-0.2, 0) is 0 Å². The van der Waals surface area contributed by atoms with Crippen LogP contribution in [0.3, 0.4) is 0 Å². The minimum absolute atomic E-state index is 0.479. The molecule has 0 unspecified atom stereocenters. The Labute approximate surface area is 142 Å². The van der Waals surface area contributed by atoms with Crippen molar-refractivity contribution in [2.45, 2.75) is 61.4 Å². The Morgan fingerprint density at radius 1 is 1.04 bits per heavy atom. The third-order valence-electron chi connectivity index (χ3n) is 4.28. The van der Waals surface area contributed by atoms with E-state index in [1.165, 1.54) is 44.1 Å². The number of rotatable bonds is 4. The number of nitrogens with zero attached hydrogens (tertiary/aromatic N) is 2. The molecule has 23 heavy (non-hydrogen) atoms. The van der Waals surface area contributed by atoms with Gasteiger partial charge in [-0.3, -0.25) is 0 Å². The Balaban J connectivity index is 1.73. The van der Waals surface area contributed by atoms with Crippen molar-refractivity contribution in [1.82, 2.24) is 9.97 Å². The normalized spacial score (nSPS) is 16.0. The second kappa shape index (κ2) is 7.68. The van der Waals surface area contributed by atoms with Crippen LogP contribution in [0, 0.1) is 6.92 Å². The van der Waals surface area contributed by atoms with Crippen LogP contribution in [0.4, 0.5) is 11.5 Å². The topological polar surface area (TPSA) is 63.8 Å². The van der Waals surface area contributed by atoms with Gasteiger partial charge in [-0.05, 0) is 31.9 Å². The van der Waals surface area contributed by atoms with E-state index < -0.39 is 0 Å². The zero-order valence-electron chi connectivity index (χ0n) is 13.6. The lowest BCUT2D eigenvalue weighted by Crippen LogP contribution is -2.20. The lowest BCUT2D eigenvalue weighted by Gasteiger charge is -2.18. The predicted molar refractivity (Wildman–Crippen MR) is 96.9 cm³/mol. The molecule has 1 saturated carbocycles. The molecule has 3 N–H and O–H groups in total. The highest BCUT2D eigenvalue weighted by Gasteiger charge is 2.16. The summed E-state index contributed by atoms with van der Waals surface area (Å²) in [6.07, 6.45) is 9.25. The summed E-state index contributed by atoms with van der Waals surface area (Å²) in [5.41, 5.74) is 8.21. The molecule has 0 amide bonds. The fourth-order valence-corrected chi connectivity index (χ4v) is 3.71. The van der Waals surface area contributed by atoms with Crippen LogP contribution < -0.4 is 11.1 Å². The van der Waals surface area contributed by atoms with E-state index in [2.05, 4.69) is 46.5 Å². The molecule has 0 aliphatic heterocycles. The molecule has 5 heteroatoms. The van der Waals surface area contributed by atoms with Crippen LogP contribution in [0.1, 0.15) is 44.1 Å². The Bertz CT molecular complexity index is 634. The van der Waals surface area contributed by atoms with Crippen LogP contribution in [0.15, 0.2) is 40.5 Å². The fourth-order valence-electron chi connectivity index (χ4n) is 2.91. The Kier molecular flexibility index (Phi) is 5.39. The first-order valence-corrected chi connectivity index (χ1v) is 9.15. The highest BCUT2D eigenvalue weighted by atomic mass is 32.2. The van der Waals surface area contributed by atoms with Gasteiger partial charge in [-0.25, -0.2) is 9.97 Å². The largest absolute Gasteiger partial charge is 0.394 e. The third-order valence-corrected chi connectivity index (χ3v) is 5.31. The van der Waals surface area contributed by atoms with Crippen LogP contribution >= 0.6 is 11.8 Å².